The number of ketones is 1. The number of Topliss-reactive ketones (excluding diaryl/α,β-unsaturated/α-hetero) is 1. The Morgan fingerprint density at radius 1 is 1.00 bits per heavy atom. The van der Waals surface area contributed by atoms with Crippen LogP contribution in [0, 0.1) is 10.8 Å². The fourth-order valence-electron chi connectivity index (χ4n) is 1.29. The lowest BCUT2D eigenvalue weighted by Crippen LogP contribution is -2.41. The predicted octanol–water partition coefficient (Wildman–Crippen LogP) is 1.80. The Morgan fingerprint density at radius 3 is 1.62 bits per heavy atom. The first-order valence-corrected chi connectivity index (χ1v) is 4.27. The monoisotopic (exact) mass is 186 g/mol. The van der Waals surface area contributed by atoms with Crippen LogP contribution in [0.5, 0.6) is 0 Å². The lowest BCUT2D eigenvalue weighted by atomic mass is 9.75. The predicted molar refractivity (Wildman–Crippen MR) is 50.3 cm³/mol. The summed E-state index contributed by atoms with van der Waals surface area (Å²) in [4.78, 5) is 23.1. The van der Waals surface area contributed by atoms with E-state index in [1.54, 1.807) is 34.6 Å². The molecule has 0 atom stereocenters. The molecule has 0 aromatic carbocycles. The Kier molecular flexibility index (Phi) is 3.25. The van der Waals surface area contributed by atoms with Crippen molar-refractivity contribution in [1.29, 1.82) is 0 Å². The highest BCUT2D eigenvalue weighted by atomic mass is 16.5. The molecule has 0 bridgehead atoms. The van der Waals surface area contributed by atoms with E-state index in [4.69, 9.17) is 0 Å². The molecule has 0 spiro atoms. The van der Waals surface area contributed by atoms with Gasteiger partial charge in [0.1, 0.15) is 5.41 Å². The Bertz CT molecular complexity index is 221. The van der Waals surface area contributed by atoms with Crippen molar-refractivity contribution in [1.82, 2.24) is 0 Å². The third kappa shape index (κ3) is 2.54. The molecule has 0 aliphatic carbocycles. The second-order valence-electron chi connectivity index (χ2n) is 4.70. The van der Waals surface area contributed by atoms with Gasteiger partial charge in [0.2, 0.25) is 0 Å². The van der Waals surface area contributed by atoms with Crippen LogP contribution in [0.1, 0.15) is 34.6 Å². The highest BCUT2D eigenvalue weighted by Gasteiger charge is 2.42. The summed E-state index contributed by atoms with van der Waals surface area (Å²) in [7, 11) is 1.29. The van der Waals surface area contributed by atoms with Gasteiger partial charge >= 0.3 is 5.97 Å². The first-order valence-electron chi connectivity index (χ1n) is 4.27. The molecule has 0 aliphatic heterocycles. The van der Waals surface area contributed by atoms with Crippen molar-refractivity contribution in [2.75, 3.05) is 7.11 Å². The average molecular weight is 186 g/mol. The summed E-state index contributed by atoms with van der Waals surface area (Å²) in [6.45, 7) is 8.55. The van der Waals surface area contributed by atoms with Gasteiger partial charge in [-0.05, 0) is 13.8 Å². The van der Waals surface area contributed by atoms with Gasteiger partial charge in [0.05, 0.1) is 7.11 Å². The van der Waals surface area contributed by atoms with Crippen molar-refractivity contribution < 1.29 is 14.3 Å². The van der Waals surface area contributed by atoms with Gasteiger partial charge in [-0.2, -0.15) is 0 Å². The number of ether oxygens (including phenoxy) is 1. The van der Waals surface area contributed by atoms with Crippen molar-refractivity contribution >= 4 is 11.8 Å². The summed E-state index contributed by atoms with van der Waals surface area (Å²) in [5, 5.41) is 0. The van der Waals surface area contributed by atoms with E-state index in [2.05, 4.69) is 4.74 Å². The van der Waals surface area contributed by atoms with Crippen molar-refractivity contribution in [3.63, 3.8) is 0 Å². The molecule has 0 aromatic rings. The summed E-state index contributed by atoms with van der Waals surface area (Å²) in [5.74, 6) is -0.584. The van der Waals surface area contributed by atoms with E-state index in [9.17, 15) is 9.59 Å². The van der Waals surface area contributed by atoms with Crippen molar-refractivity contribution in [2.24, 2.45) is 10.8 Å². The maximum atomic E-state index is 11.8. The molecule has 0 aliphatic rings. The zero-order valence-electron chi connectivity index (χ0n) is 9.22. The number of methoxy groups -OCH3 is 1. The fraction of sp³-hybridized carbons (Fsp3) is 0.800. The molecule has 0 radical (unpaired) electrons. The van der Waals surface area contributed by atoms with E-state index < -0.39 is 16.8 Å². The normalized spacial score (nSPS) is 12.5. The van der Waals surface area contributed by atoms with Crippen LogP contribution in [-0.2, 0) is 14.3 Å². The molecule has 0 aromatic heterocycles. The van der Waals surface area contributed by atoms with Crippen LogP contribution >= 0.6 is 0 Å². The number of carbonyl (C=O) groups is 2. The lowest BCUT2D eigenvalue weighted by molar-refractivity contribution is -0.158. The molecule has 0 N–H and O–H groups in total. The smallest absolute Gasteiger partial charge is 0.318 e. The number of hydrogen-bond donors (Lipinski definition) is 0. The van der Waals surface area contributed by atoms with Crippen molar-refractivity contribution in [3.8, 4) is 0 Å². The number of rotatable bonds is 2. The van der Waals surface area contributed by atoms with Crippen LogP contribution < -0.4 is 0 Å². The zero-order chi connectivity index (χ0) is 10.9. The highest BCUT2D eigenvalue weighted by Crippen LogP contribution is 2.29. The molecule has 0 rings (SSSR count). The van der Waals surface area contributed by atoms with E-state index in [-0.39, 0.29) is 5.78 Å². The molecular weight excluding hydrogens is 168 g/mol. The number of hydrogen-bond acceptors (Lipinski definition) is 3. The van der Waals surface area contributed by atoms with Gasteiger partial charge in [-0.25, -0.2) is 0 Å². The molecule has 76 valence electrons. The third-order valence-electron chi connectivity index (χ3n) is 1.94. The maximum absolute atomic E-state index is 11.8. The minimum absolute atomic E-state index is 0.105. The van der Waals surface area contributed by atoms with E-state index in [0.29, 0.717) is 0 Å². The van der Waals surface area contributed by atoms with Crippen LogP contribution in [0.25, 0.3) is 0 Å². The van der Waals surface area contributed by atoms with Crippen LogP contribution in [0.2, 0.25) is 0 Å². The summed E-state index contributed by atoms with van der Waals surface area (Å²) in [6, 6.07) is 0. The molecule has 0 fully saturated rings. The quantitative estimate of drug-likeness (QED) is 0.488. The SMILES string of the molecule is COC(=O)C(C)(C)C(=O)C(C)(C)C. The van der Waals surface area contributed by atoms with E-state index in [1.807, 2.05) is 0 Å². The topological polar surface area (TPSA) is 43.4 Å². The van der Waals surface area contributed by atoms with Gasteiger partial charge in [-0.3, -0.25) is 9.59 Å². The second kappa shape index (κ2) is 3.48. The molecule has 0 amide bonds. The Labute approximate surface area is 79.5 Å². The Balaban J connectivity index is 4.85. The van der Waals surface area contributed by atoms with Gasteiger partial charge in [0.15, 0.2) is 5.78 Å². The first kappa shape index (κ1) is 12.1. The molecule has 13 heavy (non-hydrogen) atoms. The Hall–Kier alpha value is -0.860. The molecule has 3 nitrogen and oxygen atoms in total. The van der Waals surface area contributed by atoms with E-state index in [0.717, 1.165) is 0 Å². The zero-order valence-corrected chi connectivity index (χ0v) is 9.22. The van der Waals surface area contributed by atoms with Gasteiger partial charge in [0.25, 0.3) is 0 Å². The van der Waals surface area contributed by atoms with Crippen LogP contribution in [0.15, 0.2) is 0 Å². The molecule has 0 saturated carbocycles. The minimum atomic E-state index is -1.05. The maximum Gasteiger partial charge on any atom is 0.318 e. The molecule has 0 unspecified atom stereocenters. The summed E-state index contributed by atoms with van der Waals surface area (Å²) in [6.07, 6.45) is 0. The van der Waals surface area contributed by atoms with E-state index in [1.165, 1.54) is 7.11 Å². The van der Waals surface area contributed by atoms with Crippen LogP contribution in [0.4, 0.5) is 0 Å². The van der Waals surface area contributed by atoms with Gasteiger partial charge in [-0.1, -0.05) is 20.8 Å². The average Bonchev–Trinajstić information content (AvgIpc) is 1.99. The largest absolute Gasteiger partial charge is 0.468 e. The van der Waals surface area contributed by atoms with Gasteiger partial charge in [0, 0.05) is 5.41 Å². The van der Waals surface area contributed by atoms with Crippen LogP contribution in [0.3, 0.4) is 0 Å². The van der Waals surface area contributed by atoms with Crippen LogP contribution in [-0.4, -0.2) is 18.9 Å². The molecule has 0 heterocycles. The van der Waals surface area contributed by atoms with Crippen molar-refractivity contribution in [3.05, 3.63) is 0 Å². The van der Waals surface area contributed by atoms with Crippen molar-refractivity contribution in [2.45, 2.75) is 34.6 Å². The fourth-order valence-corrected chi connectivity index (χ4v) is 1.29. The number of carbonyl (C=O) groups excluding carboxylic acids is 2. The highest BCUT2D eigenvalue weighted by molar-refractivity contribution is 6.05. The molecule has 0 saturated heterocycles. The standard InChI is InChI=1S/C10H18O3/c1-9(2,3)7(11)10(4,5)8(12)13-6/h1-6H3. The molecule has 3 heteroatoms. The summed E-state index contributed by atoms with van der Waals surface area (Å²) in [5.41, 5.74) is -1.56. The first-order chi connectivity index (χ1) is 5.64. The Morgan fingerprint density at radius 2 is 1.38 bits per heavy atom. The summed E-state index contributed by atoms with van der Waals surface area (Å²) < 4.78 is 4.57. The minimum Gasteiger partial charge on any atom is -0.468 e. The third-order valence-corrected chi connectivity index (χ3v) is 1.94. The van der Waals surface area contributed by atoms with E-state index >= 15 is 0 Å². The molecular formula is C10H18O3. The second-order valence-corrected chi connectivity index (χ2v) is 4.70. The lowest BCUT2D eigenvalue weighted by Gasteiger charge is -2.28. The van der Waals surface area contributed by atoms with Gasteiger partial charge < -0.3 is 4.74 Å². The van der Waals surface area contributed by atoms with Gasteiger partial charge in [-0.15, -0.1) is 0 Å². The number of esters is 1. The summed E-state index contributed by atoms with van der Waals surface area (Å²) >= 11 is 0.